The van der Waals surface area contributed by atoms with Crippen LogP contribution in [0.15, 0.2) is 82.6 Å². The van der Waals surface area contributed by atoms with Gasteiger partial charge in [0.2, 0.25) is 0 Å². The molecule has 1 amide bonds. The summed E-state index contributed by atoms with van der Waals surface area (Å²) in [5.74, 6) is -0.426. The highest BCUT2D eigenvalue weighted by Gasteiger charge is 2.24. The molecule has 2 aromatic carbocycles. The molecule has 0 fully saturated rings. The second-order valence-electron chi connectivity index (χ2n) is 7.38. The van der Waals surface area contributed by atoms with Crippen molar-refractivity contribution in [1.29, 1.82) is 0 Å². The lowest BCUT2D eigenvalue weighted by Gasteiger charge is -2.27. The normalized spacial score (nSPS) is 11.5. The molecule has 0 aliphatic heterocycles. The van der Waals surface area contributed by atoms with Crippen molar-refractivity contribution in [1.82, 2.24) is 4.57 Å². The minimum Gasteiger partial charge on any atom is -0.310 e. The van der Waals surface area contributed by atoms with Crippen LogP contribution in [0.5, 0.6) is 0 Å². The van der Waals surface area contributed by atoms with E-state index in [0.717, 1.165) is 11.8 Å². The average Bonchev–Trinajstić information content (AvgIpc) is 2.70. The first-order chi connectivity index (χ1) is 14.2. The molecule has 0 aliphatic carbocycles. The number of anilines is 1. The van der Waals surface area contributed by atoms with Crippen molar-refractivity contribution in [2.24, 2.45) is 0 Å². The molecule has 156 valence electrons. The van der Waals surface area contributed by atoms with Gasteiger partial charge in [-0.2, -0.15) is 0 Å². The number of benzene rings is 2. The fraction of sp³-hybridized carbons (Fsp3) is 0.217. The summed E-state index contributed by atoms with van der Waals surface area (Å²) >= 11 is 0. The highest BCUT2D eigenvalue weighted by molar-refractivity contribution is 7.90. The molecule has 1 heterocycles. The first kappa shape index (κ1) is 21.5. The van der Waals surface area contributed by atoms with Crippen molar-refractivity contribution in [3.63, 3.8) is 0 Å². The van der Waals surface area contributed by atoms with Crippen LogP contribution < -0.4 is 10.5 Å². The SMILES string of the molecule is CC(C)N(C(=O)c1cccn(Cc2ccccc2)c1=O)c1ccc(S(C)(=O)=O)cc1. The fourth-order valence-electron chi connectivity index (χ4n) is 3.24. The number of rotatable bonds is 6. The van der Waals surface area contributed by atoms with Crippen molar-refractivity contribution in [3.05, 3.63) is 94.4 Å². The van der Waals surface area contributed by atoms with Gasteiger partial charge in [-0.05, 0) is 55.8 Å². The third-order valence-electron chi connectivity index (χ3n) is 4.72. The van der Waals surface area contributed by atoms with Crippen LogP contribution >= 0.6 is 0 Å². The van der Waals surface area contributed by atoms with E-state index in [4.69, 9.17) is 0 Å². The van der Waals surface area contributed by atoms with Crippen molar-refractivity contribution in [3.8, 4) is 0 Å². The van der Waals surface area contributed by atoms with E-state index in [1.165, 1.54) is 27.7 Å². The van der Waals surface area contributed by atoms with Gasteiger partial charge in [-0.25, -0.2) is 8.42 Å². The number of carbonyl (C=O) groups excluding carboxylic acids is 1. The Balaban J connectivity index is 1.97. The van der Waals surface area contributed by atoms with Gasteiger partial charge in [0.15, 0.2) is 9.84 Å². The molecule has 0 unspecified atom stereocenters. The Morgan fingerprint density at radius 2 is 1.60 bits per heavy atom. The zero-order valence-corrected chi connectivity index (χ0v) is 18.0. The van der Waals surface area contributed by atoms with Crippen LogP contribution in [-0.4, -0.2) is 31.2 Å². The molecule has 30 heavy (non-hydrogen) atoms. The lowest BCUT2D eigenvalue weighted by atomic mass is 10.1. The number of nitrogens with zero attached hydrogens (tertiary/aromatic N) is 2. The van der Waals surface area contributed by atoms with Crippen LogP contribution in [0.1, 0.15) is 29.8 Å². The summed E-state index contributed by atoms with van der Waals surface area (Å²) in [5.41, 5.74) is 1.18. The Morgan fingerprint density at radius 3 is 2.17 bits per heavy atom. The maximum absolute atomic E-state index is 13.3. The van der Waals surface area contributed by atoms with Crippen LogP contribution in [0.3, 0.4) is 0 Å². The second-order valence-corrected chi connectivity index (χ2v) is 9.39. The Labute approximate surface area is 176 Å². The zero-order chi connectivity index (χ0) is 21.9. The number of amides is 1. The van der Waals surface area contributed by atoms with E-state index in [1.54, 1.807) is 24.4 Å². The highest BCUT2D eigenvalue weighted by atomic mass is 32.2. The molecule has 0 aliphatic rings. The molecular weight excluding hydrogens is 400 g/mol. The number of hydrogen-bond acceptors (Lipinski definition) is 4. The van der Waals surface area contributed by atoms with Crippen molar-refractivity contribution in [2.75, 3.05) is 11.2 Å². The van der Waals surface area contributed by atoms with Crippen LogP contribution in [0.4, 0.5) is 5.69 Å². The summed E-state index contributed by atoms with van der Waals surface area (Å²) in [4.78, 5) is 28.0. The van der Waals surface area contributed by atoms with E-state index < -0.39 is 15.7 Å². The monoisotopic (exact) mass is 424 g/mol. The summed E-state index contributed by atoms with van der Waals surface area (Å²) in [7, 11) is -3.34. The largest absolute Gasteiger partial charge is 0.310 e. The van der Waals surface area contributed by atoms with E-state index in [-0.39, 0.29) is 22.1 Å². The van der Waals surface area contributed by atoms with Gasteiger partial charge in [-0.3, -0.25) is 9.59 Å². The summed E-state index contributed by atoms with van der Waals surface area (Å²) in [6, 6.07) is 18.6. The molecular formula is C23H24N2O4S. The molecule has 0 radical (unpaired) electrons. The quantitative estimate of drug-likeness (QED) is 0.608. The van der Waals surface area contributed by atoms with Gasteiger partial charge < -0.3 is 9.47 Å². The molecule has 0 bridgehead atoms. The minimum atomic E-state index is -3.34. The Hall–Kier alpha value is -3.19. The smallest absolute Gasteiger partial charge is 0.264 e. The third kappa shape index (κ3) is 4.68. The summed E-state index contributed by atoms with van der Waals surface area (Å²) in [6.45, 7) is 4.05. The Kier molecular flexibility index (Phi) is 6.22. The zero-order valence-electron chi connectivity index (χ0n) is 17.1. The van der Waals surface area contributed by atoms with Gasteiger partial charge in [0.25, 0.3) is 11.5 Å². The van der Waals surface area contributed by atoms with Gasteiger partial charge in [0, 0.05) is 24.2 Å². The van der Waals surface area contributed by atoms with Crippen LogP contribution in [0.2, 0.25) is 0 Å². The summed E-state index contributed by atoms with van der Waals surface area (Å²) in [6.07, 6.45) is 2.79. The molecule has 0 saturated carbocycles. The predicted octanol–water partition coefficient (Wildman–Crippen LogP) is 3.36. The maximum atomic E-state index is 13.3. The third-order valence-corrected chi connectivity index (χ3v) is 5.85. The van der Waals surface area contributed by atoms with Gasteiger partial charge >= 0.3 is 0 Å². The maximum Gasteiger partial charge on any atom is 0.264 e. The molecule has 6 nitrogen and oxygen atoms in total. The van der Waals surface area contributed by atoms with Crippen LogP contribution in [0.25, 0.3) is 0 Å². The minimum absolute atomic E-state index is 0.0642. The van der Waals surface area contributed by atoms with E-state index in [2.05, 4.69) is 0 Å². The van der Waals surface area contributed by atoms with Gasteiger partial charge in [-0.1, -0.05) is 30.3 Å². The molecule has 7 heteroatoms. The lowest BCUT2D eigenvalue weighted by molar-refractivity contribution is 0.0978. The van der Waals surface area contributed by atoms with E-state index in [1.807, 2.05) is 44.2 Å². The molecule has 3 rings (SSSR count). The molecule has 0 atom stereocenters. The van der Waals surface area contributed by atoms with Crippen LogP contribution in [0, 0.1) is 0 Å². The predicted molar refractivity (Wildman–Crippen MR) is 118 cm³/mol. The van der Waals surface area contributed by atoms with Crippen molar-refractivity contribution in [2.45, 2.75) is 31.3 Å². The topological polar surface area (TPSA) is 76.5 Å². The number of hydrogen-bond donors (Lipinski definition) is 0. The van der Waals surface area contributed by atoms with E-state index >= 15 is 0 Å². The summed E-state index contributed by atoms with van der Waals surface area (Å²) in [5, 5.41) is 0. The average molecular weight is 425 g/mol. The lowest BCUT2D eigenvalue weighted by Crippen LogP contribution is -2.40. The van der Waals surface area contributed by atoms with Gasteiger partial charge in [-0.15, -0.1) is 0 Å². The Morgan fingerprint density at radius 1 is 0.967 bits per heavy atom. The van der Waals surface area contributed by atoms with Gasteiger partial charge in [0.05, 0.1) is 11.4 Å². The fourth-order valence-corrected chi connectivity index (χ4v) is 3.87. The van der Waals surface area contributed by atoms with Gasteiger partial charge in [0.1, 0.15) is 5.56 Å². The number of pyridine rings is 1. The van der Waals surface area contributed by atoms with Crippen molar-refractivity contribution < 1.29 is 13.2 Å². The number of carbonyl (C=O) groups is 1. The highest BCUT2D eigenvalue weighted by Crippen LogP contribution is 2.22. The standard InChI is InChI=1S/C23H24N2O4S/c1-17(2)25(19-11-13-20(14-12-19)30(3,28)29)23(27)21-10-7-15-24(22(21)26)16-18-8-5-4-6-9-18/h4-15,17H,16H2,1-3H3. The second kappa shape index (κ2) is 8.67. The number of aromatic nitrogens is 1. The molecule has 0 spiro atoms. The molecule has 1 aromatic heterocycles. The summed E-state index contributed by atoms with van der Waals surface area (Å²) < 4.78 is 24.9. The van der Waals surface area contributed by atoms with Crippen molar-refractivity contribution >= 4 is 21.4 Å². The van der Waals surface area contributed by atoms with Crippen LogP contribution in [-0.2, 0) is 16.4 Å². The van der Waals surface area contributed by atoms with E-state index in [9.17, 15) is 18.0 Å². The first-order valence-corrected chi connectivity index (χ1v) is 11.4. The molecule has 3 aromatic rings. The number of sulfone groups is 1. The first-order valence-electron chi connectivity index (χ1n) is 9.55. The Bertz CT molecular complexity index is 1200. The molecule has 0 saturated heterocycles. The molecule has 0 N–H and O–H groups in total. The van der Waals surface area contributed by atoms with E-state index in [0.29, 0.717) is 12.2 Å².